The number of benzene rings is 1. The molecular formula is C17H24ClNO2. The number of aliphatic hydroxyl groups is 1. The van der Waals surface area contributed by atoms with Gasteiger partial charge in [-0.2, -0.15) is 0 Å². The molecule has 1 aliphatic rings. The van der Waals surface area contributed by atoms with Crippen LogP contribution in [-0.4, -0.2) is 23.7 Å². The van der Waals surface area contributed by atoms with Crippen LogP contribution in [0.2, 0.25) is 5.02 Å². The fraction of sp³-hybridized carbons (Fsp3) is 0.588. The number of carbonyl (C=O) groups is 1. The average molecular weight is 310 g/mol. The van der Waals surface area contributed by atoms with Crippen molar-refractivity contribution in [2.24, 2.45) is 5.92 Å². The van der Waals surface area contributed by atoms with Crippen LogP contribution in [0.4, 0.5) is 0 Å². The van der Waals surface area contributed by atoms with E-state index < -0.39 is 5.41 Å². The second-order valence-electron chi connectivity index (χ2n) is 6.43. The van der Waals surface area contributed by atoms with Crippen molar-refractivity contribution in [3.05, 3.63) is 34.9 Å². The Bertz CT molecular complexity index is 497. The summed E-state index contributed by atoms with van der Waals surface area (Å²) in [6, 6.07) is 7.40. The molecule has 1 amide bonds. The highest BCUT2D eigenvalue weighted by molar-refractivity contribution is 6.30. The summed E-state index contributed by atoms with van der Waals surface area (Å²) in [7, 11) is 0. The van der Waals surface area contributed by atoms with E-state index in [1.165, 1.54) is 0 Å². The molecule has 1 fully saturated rings. The molecule has 0 aliphatic heterocycles. The minimum absolute atomic E-state index is 0.0183. The molecule has 21 heavy (non-hydrogen) atoms. The van der Waals surface area contributed by atoms with E-state index in [9.17, 15) is 9.90 Å². The van der Waals surface area contributed by atoms with E-state index in [0.717, 1.165) is 31.2 Å². The number of nitrogens with one attached hydrogen (secondary N) is 1. The summed E-state index contributed by atoms with van der Waals surface area (Å²) in [6.07, 6.45) is 3.53. The van der Waals surface area contributed by atoms with E-state index in [-0.39, 0.29) is 18.6 Å². The first-order valence-electron chi connectivity index (χ1n) is 7.66. The lowest BCUT2D eigenvalue weighted by Gasteiger charge is -2.41. The van der Waals surface area contributed by atoms with Crippen molar-refractivity contribution in [1.82, 2.24) is 5.32 Å². The fourth-order valence-electron chi connectivity index (χ4n) is 3.03. The van der Waals surface area contributed by atoms with Crippen LogP contribution in [0, 0.1) is 5.92 Å². The predicted octanol–water partition coefficient (Wildman–Crippen LogP) is 3.28. The number of aliphatic hydroxyl groups excluding tert-OH is 1. The van der Waals surface area contributed by atoms with Crippen LogP contribution in [0.5, 0.6) is 0 Å². The summed E-state index contributed by atoms with van der Waals surface area (Å²) >= 11 is 6.07. The van der Waals surface area contributed by atoms with Crippen LogP contribution in [0.1, 0.15) is 45.1 Å². The van der Waals surface area contributed by atoms with Crippen molar-refractivity contribution in [2.45, 2.75) is 51.0 Å². The Hall–Kier alpha value is -1.06. The van der Waals surface area contributed by atoms with Crippen LogP contribution >= 0.6 is 11.6 Å². The normalized spacial score (nSPS) is 18.1. The van der Waals surface area contributed by atoms with Crippen LogP contribution in [0.25, 0.3) is 0 Å². The monoisotopic (exact) mass is 309 g/mol. The highest BCUT2D eigenvalue weighted by Gasteiger charge is 2.46. The SMILES string of the molecule is CC(C)CC(CO)NC(=O)C1(c2cccc(Cl)c2)CCC1. The molecule has 2 N–H and O–H groups in total. The Balaban J connectivity index is 2.15. The zero-order chi connectivity index (χ0) is 15.5. The molecule has 1 aromatic carbocycles. The fourth-order valence-corrected chi connectivity index (χ4v) is 3.23. The van der Waals surface area contributed by atoms with Crippen LogP contribution in [0.15, 0.2) is 24.3 Å². The van der Waals surface area contributed by atoms with Crippen LogP contribution < -0.4 is 5.32 Å². The number of carbonyl (C=O) groups excluding carboxylic acids is 1. The van der Waals surface area contributed by atoms with E-state index >= 15 is 0 Å². The van der Waals surface area contributed by atoms with Gasteiger partial charge in [-0.1, -0.05) is 44.0 Å². The van der Waals surface area contributed by atoms with Gasteiger partial charge in [0.05, 0.1) is 18.1 Å². The third kappa shape index (κ3) is 3.58. The lowest BCUT2D eigenvalue weighted by molar-refractivity contribution is -0.131. The summed E-state index contributed by atoms with van der Waals surface area (Å²) in [5, 5.41) is 13.1. The van der Waals surface area contributed by atoms with Crippen molar-refractivity contribution in [3.63, 3.8) is 0 Å². The number of rotatable bonds is 6. The molecule has 0 radical (unpaired) electrons. The second-order valence-corrected chi connectivity index (χ2v) is 6.86. The maximum Gasteiger partial charge on any atom is 0.230 e. The van der Waals surface area contributed by atoms with Crippen molar-refractivity contribution < 1.29 is 9.90 Å². The molecule has 1 atom stereocenters. The Kier molecular flexibility index (Phi) is 5.28. The third-order valence-electron chi connectivity index (χ3n) is 4.33. The van der Waals surface area contributed by atoms with Gasteiger partial charge in [0.15, 0.2) is 0 Å². The molecule has 3 nitrogen and oxygen atoms in total. The summed E-state index contributed by atoms with van der Waals surface area (Å²) in [5.74, 6) is 0.460. The predicted molar refractivity (Wildman–Crippen MR) is 85.5 cm³/mol. The Morgan fingerprint density at radius 2 is 2.14 bits per heavy atom. The smallest absolute Gasteiger partial charge is 0.230 e. The van der Waals surface area contributed by atoms with Crippen molar-refractivity contribution >= 4 is 17.5 Å². The van der Waals surface area contributed by atoms with Gasteiger partial charge in [-0.05, 0) is 42.9 Å². The van der Waals surface area contributed by atoms with E-state index in [1.807, 2.05) is 24.3 Å². The zero-order valence-electron chi connectivity index (χ0n) is 12.7. The second kappa shape index (κ2) is 6.80. The molecule has 0 spiro atoms. The molecular weight excluding hydrogens is 286 g/mol. The van der Waals surface area contributed by atoms with Gasteiger partial charge >= 0.3 is 0 Å². The number of hydrogen-bond acceptors (Lipinski definition) is 2. The molecule has 0 aromatic heterocycles. The molecule has 116 valence electrons. The Labute approximate surface area is 131 Å². The van der Waals surface area contributed by atoms with E-state index in [4.69, 9.17) is 11.6 Å². The zero-order valence-corrected chi connectivity index (χ0v) is 13.5. The molecule has 1 aromatic rings. The van der Waals surface area contributed by atoms with Crippen molar-refractivity contribution in [3.8, 4) is 0 Å². The van der Waals surface area contributed by atoms with E-state index in [1.54, 1.807) is 0 Å². The molecule has 1 unspecified atom stereocenters. The summed E-state index contributed by atoms with van der Waals surface area (Å²) < 4.78 is 0. The summed E-state index contributed by atoms with van der Waals surface area (Å²) in [6.45, 7) is 4.16. The molecule has 4 heteroatoms. The van der Waals surface area contributed by atoms with Gasteiger partial charge in [0.1, 0.15) is 0 Å². The van der Waals surface area contributed by atoms with Gasteiger partial charge in [-0.25, -0.2) is 0 Å². The quantitative estimate of drug-likeness (QED) is 0.847. The molecule has 2 rings (SSSR count). The number of halogens is 1. The van der Waals surface area contributed by atoms with Crippen molar-refractivity contribution in [1.29, 1.82) is 0 Å². The summed E-state index contributed by atoms with van der Waals surface area (Å²) in [5.41, 5.74) is 0.523. The Morgan fingerprint density at radius 3 is 2.62 bits per heavy atom. The third-order valence-corrected chi connectivity index (χ3v) is 4.57. The lowest BCUT2D eigenvalue weighted by atomic mass is 9.63. The van der Waals surface area contributed by atoms with Crippen molar-refractivity contribution in [2.75, 3.05) is 6.61 Å². The minimum Gasteiger partial charge on any atom is -0.394 e. The summed E-state index contributed by atoms with van der Waals surface area (Å²) in [4.78, 5) is 12.7. The first-order chi connectivity index (χ1) is 9.98. The highest BCUT2D eigenvalue weighted by atomic mass is 35.5. The molecule has 0 bridgehead atoms. The van der Waals surface area contributed by atoms with Gasteiger partial charge in [-0.3, -0.25) is 4.79 Å². The first kappa shape index (κ1) is 16.3. The first-order valence-corrected chi connectivity index (χ1v) is 8.03. The molecule has 1 saturated carbocycles. The van der Waals surface area contributed by atoms with Gasteiger partial charge in [0, 0.05) is 5.02 Å². The number of amides is 1. The highest BCUT2D eigenvalue weighted by Crippen LogP contribution is 2.44. The lowest BCUT2D eigenvalue weighted by Crippen LogP contribution is -2.53. The number of hydrogen-bond donors (Lipinski definition) is 2. The van der Waals surface area contributed by atoms with Gasteiger partial charge in [0.25, 0.3) is 0 Å². The largest absolute Gasteiger partial charge is 0.394 e. The molecule has 1 aliphatic carbocycles. The van der Waals surface area contributed by atoms with Gasteiger partial charge in [0.2, 0.25) is 5.91 Å². The van der Waals surface area contributed by atoms with Gasteiger partial charge < -0.3 is 10.4 Å². The maximum absolute atomic E-state index is 12.7. The van der Waals surface area contributed by atoms with E-state index in [2.05, 4.69) is 19.2 Å². The molecule has 0 saturated heterocycles. The Morgan fingerprint density at radius 1 is 1.43 bits per heavy atom. The van der Waals surface area contributed by atoms with E-state index in [0.29, 0.717) is 10.9 Å². The van der Waals surface area contributed by atoms with Gasteiger partial charge in [-0.15, -0.1) is 0 Å². The molecule has 0 heterocycles. The standard InChI is InChI=1S/C17H24ClNO2/c1-12(2)9-15(11-20)19-16(21)17(7-4-8-17)13-5-3-6-14(18)10-13/h3,5-6,10,12,15,20H,4,7-9,11H2,1-2H3,(H,19,21). The minimum atomic E-state index is -0.463. The topological polar surface area (TPSA) is 49.3 Å². The average Bonchev–Trinajstić information content (AvgIpc) is 2.36. The maximum atomic E-state index is 12.7. The van der Waals surface area contributed by atoms with Crippen LogP contribution in [-0.2, 0) is 10.2 Å². The van der Waals surface area contributed by atoms with Crippen LogP contribution in [0.3, 0.4) is 0 Å².